The fourth-order valence-electron chi connectivity index (χ4n) is 0. The topological polar surface area (TPSA) is 65.6 Å². The molecule has 0 saturated carbocycles. The second-order valence-corrected chi connectivity index (χ2v) is 0.433. The van der Waals surface area contributed by atoms with Gasteiger partial charge in [-0.05, 0) is 0 Å². The molecule has 0 aromatic carbocycles. The molecule has 0 aliphatic heterocycles. The fourth-order valence-corrected chi connectivity index (χ4v) is 0. The van der Waals surface area contributed by atoms with Crippen LogP contribution in [0.3, 0.4) is 0 Å². The van der Waals surface area contributed by atoms with E-state index in [4.69, 9.17) is 7.56 Å². The monoisotopic (exact) mass is 148 g/mol. The predicted octanol–water partition coefficient (Wildman–Crippen LogP) is -2.09. The second kappa shape index (κ2) is 19.4. The molecule has 0 aliphatic rings. The molecule has 0 unspecified atom stereocenters. The van der Waals surface area contributed by atoms with Gasteiger partial charge in [0.1, 0.15) is 0 Å². The van der Waals surface area contributed by atoms with Crippen LogP contribution >= 0.6 is 0 Å². The standard InChI is InChI=1S/GeO2.Na.H2O.H/c2-1-3;;;/h;;1H2;. The molecule has 0 atom stereocenters. The Bertz CT molecular complexity index is 27.9. The Labute approximate surface area is 57.6 Å². The van der Waals surface area contributed by atoms with Gasteiger partial charge >= 0.3 is 52.4 Å². The maximum atomic E-state index is 8.50. The molecule has 26 valence electrons. The summed E-state index contributed by atoms with van der Waals surface area (Å²) in [4.78, 5) is 0. The van der Waals surface area contributed by atoms with E-state index in [1.165, 1.54) is 0 Å². The van der Waals surface area contributed by atoms with Crippen molar-refractivity contribution >= 4 is 44.9 Å². The van der Waals surface area contributed by atoms with E-state index in [2.05, 4.69) is 0 Å². The third kappa shape index (κ3) is 40.4. The van der Waals surface area contributed by atoms with Gasteiger partial charge in [0.2, 0.25) is 0 Å². The summed E-state index contributed by atoms with van der Waals surface area (Å²) in [7, 11) is 0. The summed E-state index contributed by atoms with van der Waals surface area (Å²) in [6, 6.07) is 0. The molecule has 0 aromatic heterocycles. The molecule has 5 heteroatoms. The minimum absolute atomic E-state index is 0. The summed E-state index contributed by atoms with van der Waals surface area (Å²) < 4.78 is 17.0. The Balaban J connectivity index is -0.0000000200. The third-order valence-corrected chi connectivity index (χ3v) is 0. The Hall–Kier alpha value is 1.10. The van der Waals surface area contributed by atoms with Gasteiger partial charge in [-0.1, -0.05) is 0 Å². The first-order valence-corrected chi connectivity index (χ1v) is 2.12. The summed E-state index contributed by atoms with van der Waals surface area (Å²) in [5.74, 6) is 0. The summed E-state index contributed by atoms with van der Waals surface area (Å²) in [6.45, 7) is 0. The van der Waals surface area contributed by atoms with Gasteiger partial charge in [-0.2, -0.15) is 0 Å². The SMILES string of the molecule is O.[NaH].[O]=[Ge]=[O]. The molecule has 0 radical (unpaired) electrons. The van der Waals surface area contributed by atoms with Crippen LogP contribution in [0.4, 0.5) is 0 Å². The van der Waals surface area contributed by atoms with E-state index in [1.54, 1.807) is 0 Å². The molecule has 0 aromatic rings. The van der Waals surface area contributed by atoms with Gasteiger partial charge in [-0.25, -0.2) is 0 Å². The van der Waals surface area contributed by atoms with Crippen LogP contribution in [0.1, 0.15) is 0 Å². The average molecular weight is 147 g/mol. The van der Waals surface area contributed by atoms with Gasteiger partial charge in [0, 0.05) is 0 Å². The quantitative estimate of drug-likeness (QED) is 0.368. The summed E-state index contributed by atoms with van der Waals surface area (Å²) in [5, 5.41) is 0. The molecule has 0 aliphatic carbocycles. The fraction of sp³-hybridized carbons (Fsp3) is 0. The molecule has 0 amide bonds. The van der Waals surface area contributed by atoms with Crippen LogP contribution in [0.15, 0.2) is 0 Å². The third-order valence-electron chi connectivity index (χ3n) is 0. The maximum absolute atomic E-state index is 8.50. The van der Waals surface area contributed by atoms with Crippen LogP contribution in [0.25, 0.3) is 0 Å². The molecule has 0 bridgehead atoms. The first-order valence-electron chi connectivity index (χ1n) is 0.408. The minimum atomic E-state index is -2.00. The Kier molecular flexibility index (Phi) is 64.1. The van der Waals surface area contributed by atoms with E-state index in [-0.39, 0.29) is 35.0 Å². The summed E-state index contributed by atoms with van der Waals surface area (Å²) >= 11 is -2.00. The van der Waals surface area contributed by atoms with Crippen molar-refractivity contribution < 1.29 is 13.0 Å². The van der Waals surface area contributed by atoms with E-state index in [0.29, 0.717) is 0 Å². The Morgan fingerprint density at radius 3 is 1.20 bits per heavy atom. The Morgan fingerprint density at radius 2 is 1.20 bits per heavy atom. The van der Waals surface area contributed by atoms with Crippen molar-refractivity contribution in [3.05, 3.63) is 0 Å². The second-order valence-electron chi connectivity index (χ2n) is 0.0833. The van der Waals surface area contributed by atoms with Crippen molar-refractivity contribution in [2.24, 2.45) is 0 Å². The molecule has 0 saturated heterocycles. The molecule has 0 spiro atoms. The zero-order valence-corrected chi connectivity index (χ0v) is 3.91. The van der Waals surface area contributed by atoms with E-state index >= 15 is 0 Å². The van der Waals surface area contributed by atoms with Crippen LogP contribution in [-0.2, 0) is 7.56 Å². The molecule has 2 N–H and O–H groups in total. The summed E-state index contributed by atoms with van der Waals surface area (Å²) in [6.07, 6.45) is 0. The van der Waals surface area contributed by atoms with E-state index in [0.717, 1.165) is 0 Å². The number of hydrogen-bond donors (Lipinski definition) is 0. The molecule has 0 heterocycles. The predicted molar refractivity (Wildman–Crippen MR) is 17.9 cm³/mol. The van der Waals surface area contributed by atoms with Crippen LogP contribution in [0.5, 0.6) is 0 Å². The average Bonchev–Trinajstić information content (AvgIpc) is 0.918. The zero-order valence-electron chi connectivity index (χ0n) is 1.82. The van der Waals surface area contributed by atoms with E-state index in [9.17, 15) is 0 Å². The van der Waals surface area contributed by atoms with Crippen molar-refractivity contribution in [1.29, 1.82) is 0 Å². The number of hydrogen-bond acceptors (Lipinski definition) is 2. The van der Waals surface area contributed by atoms with Crippen molar-refractivity contribution in [2.45, 2.75) is 0 Å². The van der Waals surface area contributed by atoms with Crippen molar-refractivity contribution in [2.75, 3.05) is 0 Å². The normalized spacial score (nSPS) is 1.60. The van der Waals surface area contributed by atoms with Gasteiger partial charge in [0.25, 0.3) is 0 Å². The molecule has 0 rings (SSSR count). The number of rotatable bonds is 0. The van der Waals surface area contributed by atoms with Crippen molar-refractivity contribution in [3.63, 3.8) is 0 Å². The van der Waals surface area contributed by atoms with Gasteiger partial charge in [-0.15, -0.1) is 0 Å². The molecular formula is H3GeNaO3. The van der Waals surface area contributed by atoms with Gasteiger partial charge in [0.05, 0.1) is 0 Å². The van der Waals surface area contributed by atoms with Crippen LogP contribution < -0.4 is 0 Å². The van der Waals surface area contributed by atoms with E-state index in [1.807, 2.05) is 0 Å². The molecular weight excluding hydrogens is 144 g/mol. The molecule has 5 heavy (non-hydrogen) atoms. The summed E-state index contributed by atoms with van der Waals surface area (Å²) in [5.41, 5.74) is 0. The van der Waals surface area contributed by atoms with Crippen LogP contribution in [0, 0.1) is 0 Å². The van der Waals surface area contributed by atoms with Gasteiger partial charge in [0.15, 0.2) is 0 Å². The van der Waals surface area contributed by atoms with Gasteiger partial charge < -0.3 is 5.48 Å². The van der Waals surface area contributed by atoms with Gasteiger partial charge in [-0.3, -0.25) is 0 Å². The first kappa shape index (κ1) is 16.5. The molecule has 0 fully saturated rings. The first-order chi connectivity index (χ1) is 1.41. The van der Waals surface area contributed by atoms with E-state index < -0.39 is 15.3 Å². The van der Waals surface area contributed by atoms with Crippen LogP contribution in [-0.4, -0.2) is 50.3 Å². The van der Waals surface area contributed by atoms with Crippen molar-refractivity contribution in [1.82, 2.24) is 0 Å². The zero-order chi connectivity index (χ0) is 2.71. The van der Waals surface area contributed by atoms with Crippen LogP contribution in [0.2, 0.25) is 0 Å². The van der Waals surface area contributed by atoms with Crippen molar-refractivity contribution in [3.8, 4) is 0 Å². The molecule has 3 nitrogen and oxygen atoms in total. The Morgan fingerprint density at radius 1 is 1.20 bits per heavy atom.